The minimum atomic E-state index is -1.03. The molecule has 0 saturated heterocycles. The quantitative estimate of drug-likeness (QED) is 0.593. The number of benzene rings is 3. The Labute approximate surface area is 174 Å². The van der Waals surface area contributed by atoms with Gasteiger partial charge in [0.05, 0.1) is 21.3 Å². The van der Waals surface area contributed by atoms with Gasteiger partial charge in [-0.3, -0.25) is 4.79 Å². The van der Waals surface area contributed by atoms with Crippen LogP contribution in [0.25, 0.3) is 10.8 Å². The minimum Gasteiger partial charge on any atom is -0.493 e. The highest BCUT2D eigenvalue weighted by Crippen LogP contribution is 2.40. The summed E-state index contributed by atoms with van der Waals surface area (Å²) in [6.45, 7) is 1.51. The zero-order valence-electron chi connectivity index (χ0n) is 17.2. The molecule has 7 nitrogen and oxygen atoms in total. The van der Waals surface area contributed by atoms with E-state index in [1.807, 2.05) is 36.4 Å². The molecule has 0 aromatic heterocycles. The minimum absolute atomic E-state index is 0.125. The molecule has 0 radical (unpaired) electrons. The SMILES string of the molecule is COc1ccc(C(=O)OC(C)C(=O)Nc2cccc3ccccc23)c(OC)c1OC. The number of hydrogen-bond donors (Lipinski definition) is 1. The van der Waals surface area contributed by atoms with Gasteiger partial charge in [0.15, 0.2) is 17.6 Å². The Hall–Kier alpha value is -3.74. The Bertz CT molecular complexity index is 1070. The van der Waals surface area contributed by atoms with Crippen molar-refractivity contribution in [2.75, 3.05) is 26.6 Å². The fourth-order valence-corrected chi connectivity index (χ4v) is 3.11. The van der Waals surface area contributed by atoms with Crippen LogP contribution in [0.3, 0.4) is 0 Å². The summed E-state index contributed by atoms with van der Waals surface area (Å²) in [6, 6.07) is 16.4. The second-order valence-electron chi connectivity index (χ2n) is 6.45. The molecule has 1 N–H and O–H groups in total. The van der Waals surface area contributed by atoms with Crippen LogP contribution < -0.4 is 19.5 Å². The van der Waals surface area contributed by atoms with Gasteiger partial charge in [-0.2, -0.15) is 0 Å². The molecule has 0 fully saturated rings. The zero-order valence-corrected chi connectivity index (χ0v) is 17.2. The van der Waals surface area contributed by atoms with Crippen molar-refractivity contribution in [1.29, 1.82) is 0 Å². The smallest absolute Gasteiger partial charge is 0.342 e. The molecule has 3 aromatic rings. The Balaban J connectivity index is 1.78. The fourth-order valence-electron chi connectivity index (χ4n) is 3.11. The first-order valence-corrected chi connectivity index (χ1v) is 9.28. The van der Waals surface area contributed by atoms with E-state index in [4.69, 9.17) is 18.9 Å². The zero-order chi connectivity index (χ0) is 21.7. The normalized spacial score (nSPS) is 11.5. The second kappa shape index (κ2) is 9.17. The maximum absolute atomic E-state index is 12.7. The van der Waals surface area contributed by atoms with Crippen molar-refractivity contribution >= 4 is 28.3 Å². The molecule has 3 aromatic carbocycles. The first-order valence-electron chi connectivity index (χ1n) is 9.28. The molecule has 1 atom stereocenters. The maximum Gasteiger partial charge on any atom is 0.342 e. The highest BCUT2D eigenvalue weighted by Gasteiger charge is 2.25. The largest absolute Gasteiger partial charge is 0.493 e. The Morgan fingerprint density at radius 3 is 2.23 bits per heavy atom. The van der Waals surface area contributed by atoms with E-state index >= 15 is 0 Å². The predicted molar refractivity (Wildman–Crippen MR) is 114 cm³/mol. The molecule has 0 heterocycles. The number of methoxy groups -OCH3 is 3. The average Bonchev–Trinajstić information content (AvgIpc) is 2.77. The summed E-state index contributed by atoms with van der Waals surface area (Å²) in [4.78, 5) is 25.3. The lowest BCUT2D eigenvalue weighted by atomic mass is 10.1. The molecule has 156 valence electrons. The molecular weight excluding hydrogens is 386 g/mol. The summed E-state index contributed by atoms with van der Waals surface area (Å²) in [6.07, 6.45) is -1.03. The number of anilines is 1. The van der Waals surface area contributed by atoms with E-state index in [0.29, 0.717) is 11.4 Å². The summed E-state index contributed by atoms with van der Waals surface area (Å²) in [5.74, 6) is -0.314. The number of hydrogen-bond acceptors (Lipinski definition) is 6. The van der Waals surface area contributed by atoms with Crippen LogP contribution in [0, 0.1) is 0 Å². The van der Waals surface area contributed by atoms with Crippen LogP contribution in [0.1, 0.15) is 17.3 Å². The van der Waals surface area contributed by atoms with Gasteiger partial charge in [-0.15, -0.1) is 0 Å². The van der Waals surface area contributed by atoms with Gasteiger partial charge in [0, 0.05) is 11.1 Å². The lowest BCUT2D eigenvalue weighted by Gasteiger charge is -2.17. The van der Waals surface area contributed by atoms with Crippen LogP contribution in [0.5, 0.6) is 17.2 Å². The molecule has 1 unspecified atom stereocenters. The van der Waals surface area contributed by atoms with Crippen molar-refractivity contribution in [2.45, 2.75) is 13.0 Å². The van der Waals surface area contributed by atoms with E-state index in [1.165, 1.54) is 34.3 Å². The van der Waals surface area contributed by atoms with Gasteiger partial charge in [-0.1, -0.05) is 36.4 Å². The van der Waals surface area contributed by atoms with E-state index in [2.05, 4.69) is 5.32 Å². The van der Waals surface area contributed by atoms with Gasteiger partial charge in [0.2, 0.25) is 5.75 Å². The number of amides is 1. The van der Waals surface area contributed by atoms with Gasteiger partial charge < -0.3 is 24.3 Å². The van der Waals surface area contributed by atoms with Crippen LogP contribution in [0.2, 0.25) is 0 Å². The number of fused-ring (bicyclic) bond motifs is 1. The topological polar surface area (TPSA) is 83.1 Å². The molecule has 0 aliphatic carbocycles. The van der Waals surface area contributed by atoms with Crippen molar-refractivity contribution in [3.8, 4) is 17.2 Å². The summed E-state index contributed by atoms with van der Waals surface area (Å²) >= 11 is 0. The Morgan fingerprint density at radius 1 is 0.833 bits per heavy atom. The number of rotatable bonds is 7. The van der Waals surface area contributed by atoms with Crippen molar-refractivity contribution in [3.63, 3.8) is 0 Å². The van der Waals surface area contributed by atoms with Gasteiger partial charge in [0.1, 0.15) is 5.56 Å². The lowest BCUT2D eigenvalue weighted by Crippen LogP contribution is -2.30. The lowest BCUT2D eigenvalue weighted by molar-refractivity contribution is -0.123. The Kier molecular flexibility index (Phi) is 6.41. The van der Waals surface area contributed by atoms with Crippen LogP contribution in [0.4, 0.5) is 5.69 Å². The standard InChI is InChI=1S/C23H23NO6/c1-14(22(25)24-18-11-7-9-15-8-5-6-10-16(15)18)30-23(26)17-12-13-19(27-2)21(29-4)20(17)28-3/h5-14H,1-4H3,(H,24,25). The summed E-state index contributed by atoms with van der Waals surface area (Å²) < 4.78 is 21.2. The van der Waals surface area contributed by atoms with E-state index in [0.717, 1.165) is 10.8 Å². The molecule has 1 amide bonds. The van der Waals surface area contributed by atoms with Crippen molar-refractivity contribution < 1.29 is 28.5 Å². The number of ether oxygens (including phenoxy) is 4. The van der Waals surface area contributed by atoms with Crippen LogP contribution in [-0.2, 0) is 9.53 Å². The molecule has 3 rings (SSSR count). The molecule has 0 spiro atoms. The Morgan fingerprint density at radius 2 is 1.53 bits per heavy atom. The van der Waals surface area contributed by atoms with E-state index in [-0.39, 0.29) is 17.1 Å². The second-order valence-corrected chi connectivity index (χ2v) is 6.45. The highest BCUT2D eigenvalue weighted by molar-refractivity contribution is 6.04. The van der Waals surface area contributed by atoms with Gasteiger partial charge in [0.25, 0.3) is 5.91 Å². The van der Waals surface area contributed by atoms with Crippen molar-refractivity contribution in [1.82, 2.24) is 0 Å². The summed E-state index contributed by atoms with van der Waals surface area (Å²) in [7, 11) is 4.33. The van der Waals surface area contributed by atoms with Gasteiger partial charge in [-0.05, 0) is 30.5 Å². The highest BCUT2D eigenvalue weighted by atomic mass is 16.6. The van der Waals surface area contributed by atoms with E-state index < -0.39 is 18.0 Å². The van der Waals surface area contributed by atoms with E-state index in [9.17, 15) is 9.59 Å². The van der Waals surface area contributed by atoms with Crippen LogP contribution in [0.15, 0.2) is 54.6 Å². The number of nitrogens with one attached hydrogen (secondary N) is 1. The van der Waals surface area contributed by atoms with Crippen LogP contribution >= 0.6 is 0 Å². The first kappa shape index (κ1) is 21.0. The summed E-state index contributed by atoms with van der Waals surface area (Å²) in [5.41, 5.74) is 0.768. The van der Waals surface area contributed by atoms with Crippen molar-refractivity contribution in [3.05, 3.63) is 60.2 Å². The molecular formula is C23H23NO6. The number of esters is 1. The number of carbonyl (C=O) groups is 2. The molecule has 0 saturated carbocycles. The van der Waals surface area contributed by atoms with Gasteiger partial charge in [-0.25, -0.2) is 4.79 Å². The fraction of sp³-hybridized carbons (Fsp3) is 0.217. The van der Waals surface area contributed by atoms with Gasteiger partial charge >= 0.3 is 5.97 Å². The molecule has 30 heavy (non-hydrogen) atoms. The molecule has 0 aliphatic heterocycles. The molecule has 7 heteroatoms. The third-order valence-electron chi connectivity index (χ3n) is 4.62. The average molecular weight is 409 g/mol. The third-order valence-corrected chi connectivity index (χ3v) is 4.62. The molecule has 0 aliphatic rings. The van der Waals surface area contributed by atoms with Crippen LogP contribution in [-0.4, -0.2) is 39.3 Å². The first-order chi connectivity index (χ1) is 14.5. The number of carbonyl (C=O) groups excluding carboxylic acids is 2. The van der Waals surface area contributed by atoms with Crippen molar-refractivity contribution in [2.24, 2.45) is 0 Å². The molecule has 0 bridgehead atoms. The predicted octanol–water partition coefficient (Wildman–Crippen LogP) is 4.05. The maximum atomic E-state index is 12.7. The summed E-state index contributed by atoms with van der Waals surface area (Å²) in [5, 5.41) is 4.71. The van der Waals surface area contributed by atoms with E-state index in [1.54, 1.807) is 12.1 Å². The third kappa shape index (κ3) is 4.15. The monoisotopic (exact) mass is 409 g/mol.